The topological polar surface area (TPSA) is 55.1 Å². The predicted molar refractivity (Wildman–Crippen MR) is 88.2 cm³/mol. The standard InChI is InChI=1S/C17H22N2OS/c18-16(21)17(10-3-4-11-17)19-15(20)14-9-5-7-12-6-1-2-8-13(12)14/h1-2,6,8,14H,3-5,7,9-11H2,(H2,18,21)(H,19,20). The summed E-state index contributed by atoms with van der Waals surface area (Å²) >= 11 is 5.23. The molecule has 112 valence electrons. The molecule has 0 spiro atoms. The molecule has 0 aliphatic heterocycles. The molecule has 0 bridgehead atoms. The van der Waals surface area contributed by atoms with Gasteiger partial charge >= 0.3 is 0 Å². The molecule has 1 fully saturated rings. The second-order valence-electron chi connectivity index (χ2n) is 6.29. The van der Waals surface area contributed by atoms with E-state index in [1.807, 2.05) is 12.1 Å². The summed E-state index contributed by atoms with van der Waals surface area (Å²) in [6.45, 7) is 0. The minimum absolute atomic E-state index is 0.0539. The molecule has 1 aromatic carbocycles. The van der Waals surface area contributed by atoms with E-state index in [1.165, 1.54) is 11.1 Å². The normalized spacial score (nSPS) is 23.3. The van der Waals surface area contributed by atoms with E-state index >= 15 is 0 Å². The molecule has 0 radical (unpaired) electrons. The Morgan fingerprint density at radius 1 is 1.24 bits per heavy atom. The second-order valence-corrected chi connectivity index (χ2v) is 6.73. The molecule has 21 heavy (non-hydrogen) atoms. The SMILES string of the molecule is NC(=S)C1(NC(=O)C2CCCc3ccccc32)CCCC1. The van der Waals surface area contributed by atoms with Crippen molar-refractivity contribution in [2.45, 2.75) is 56.4 Å². The summed E-state index contributed by atoms with van der Waals surface area (Å²) in [6.07, 6.45) is 6.97. The van der Waals surface area contributed by atoms with E-state index < -0.39 is 5.54 Å². The number of aryl methyl sites for hydroxylation is 1. The van der Waals surface area contributed by atoms with Crippen molar-refractivity contribution in [1.82, 2.24) is 5.32 Å². The van der Waals surface area contributed by atoms with Crippen LogP contribution in [0.3, 0.4) is 0 Å². The largest absolute Gasteiger partial charge is 0.391 e. The van der Waals surface area contributed by atoms with Crippen LogP contribution in [0.15, 0.2) is 24.3 Å². The molecule has 1 atom stereocenters. The highest BCUT2D eigenvalue weighted by Crippen LogP contribution is 2.35. The van der Waals surface area contributed by atoms with Crippen LogP contribution in [-0.4, -0.2) is 16.4 Å². The Kier molecular flexibility index (Phi) is 3.98. The molecule has 1 saturated carbocycles. The summed E-state index contributed by atoms with van der Waals surface area (Å²) in [5, 5.41) is 3.20. The van der Waals surface area contributed by atoms with Gasteiger partial charge in [0.15, 0.2) is 0 Å². The van der Waals surface area contributed by atoms with Crippen molar-refractivity contribution in [2.75, 3.05) is 0 Å². The number of carbonyl (C=O) groups excluding carboxylic acids is 1. The Hall–Kier alpha value is -1.42. The number of rotatable bonds is 3. The van der Waals surface area contributed by atoms with Crippen LogP contribution in [0.2, 0.25) is 0 Å². The van der Waals surface area contributed by atoms with E-state index in [2.05, 4.69) is 17.4 Å². The first-order valence-electron chi connectivity index (χ1n) is 7.82. The van der Waals surface area contributed by atoms with Crippen LogP contribution in [0.5, 0.6) is 0 Å². The van der Waals surface area contributed by atoms with Crippen LogP contribution in [0.4, 0.5) is 0 Å². The van der Waals surface area contributed by atoms with E-state index in [0.29, 0.717) is 4.99 Å². The molecule has 0 aromatic heterocycles. The number of fused-ring (bicyclic) bond motifs is 1. The van der Waals surface area contributed by atoms with E-state index in [9.17, 15) is 4.79 Å². The molecular weight excluding hydrogens is 280 g/mol. The van der Waals surface area contributed by atoms with Crippen LogP contribution < -0.4 is 11.1 Å². The maximum Gasteiger partial charge on any atom is 0.228 e. The summed E-state index contributed by atoms with van der Waals surface area (Å²) in [7, 11) is 0. The monoisotopic (exact) mass is 302 g/mol. The molecule has 3 nitrogen and oxygen atoms in total. The van der Waals surface area contributed by atoms with E-state index in [-0.39, 0.29) is 11.8 Å². The van der Waals surface area contributed by atoms with Gasteiger partial charge in [0.05, 0.1) is 16.4 Å². The molecular formula is C17H22N2OS. The lowest BCUT2D eigenvalue weighted by Crippen LogP contribution is -2.56. The fourth-order valence-electron chi connectivity index (χ4n) is 3.76. The van der Waals surface area contributed by atoms with Gasteiger partial charge in [0.1, 0.15) is 0 Å². The number of nitrogens with two attached hydrogens (primary N) is 1. The Morgan fingerprint density at radius 2 is 1.95 bits per heavy atom. The number of hydrogen-bond acceptors (Lipinski definition) is 2. The number of carbonyl (C=O) groups is 1. The van der Waals surface area contributed by atoms with Crippen LogP contribution >= 0.6 is 12.2 Å². The van der Waals surface area contributed by atoms with E-state index in [4.69, 9.17) is 18.0 Å². The average Bonchev–Trinajstić information content (AvgIpc) is 2.96. The Labute approximate surface area is 131 Å². The van der Waals surface area contributed by atoms with Crippen LogP contribution in [0.25, 0.3) is 0 Å². The van der Waals surface area contributed by atoms with Gasteiger partial charge in [-0.25, -0.2) is 0 Å². The Bertz CT molecular complexity index is 564. The fraction of sp³-hybridized carbons (Fsp3) is 0.529. The minimum atomic E-state index is -0.446. The van der Waals surface area contributed by atoms with Crippen molar-refractivity contribution in [1.29, 1.82) is 0 Å². The molecule has 0 saturated heterocycles. The molecule has 0 heterocycles. The molecule has 4 heteroatoms. The molecule has 1 unspecified atom stereocenters. The van der Waals surface area contributed by atoms with Gasteiger partial charge in [-0.2, -0.15) is 0 Å². The first-order chi connectivity index (χ1) is 10.1. The lowest BCUT2D eigenvalue weighted by atomic mass is 9.81. The van der Waals surface area contributed by atoms with Crippen LogP contribution in [-0.2, 0) is 11.2 Å². The third kappa shape index (κ3) is 2.69. The molecule has 3 N–H and O–H groups in total. The summed E-state index contributed by atoms with van der Waals surface area (Å²) in [5.74, 6) is 0.0404. The van der Waals surface area contributed by atoms with Gasteiger partial charge in [-0.05, 0) is 43.2 Å². The third-order valence-corrected chi connectivity index (χ3v) is 5.37. The molecule has 3 rings (SSSR count). The summed E-state index contributed by atoms with van der Waals surface area (Å²) in [6, 6.07) is 8.28. The number of thiocarbonyl (C=S) groups is 1. The summed E-state index contributed by atoms with van der Waals surface area (Å²) in [5.41, 5.74) is 7.96. The van der Waals surface area contributed by atoms with Gasteiger partial charge in [-0.1, -0.05) is 49.3 Å². The van der Waals surface area contributed by atoms with Gasteiger partial charge < -0.3 is 11.1 Å². The van der Waals surface area contributed by atoms with E-state index in [1.54, 1.807) is 0 Å². The average molecular weight is 302 g/mol. The van der Waals surface area contributed by atoms with Gasteiger partial charge in [0.2, 0.25) is 5.91 Å². The fourth-order valence-corrected chi connectivity index (χ4v) is 4.02. The predicted octanol–water partition coefficient (Wildman–Crippen LogP) is 2.82. The zero-order valence-corrected chi connectivity index (χ0v) is 13.0. The van der Waals surface area contributed by atoms with Crippen molar-refractivity contribution in [2.24, 2.45) is 5.73 Å². The zero-order valence-electron chi connectivity index (χ0n) is 12.2. The number of nitrogens with one attached hydrogen (secondary N) is 1. The lowest BCUT2D eigenvalue weighted by Gasteiger charge is -2.33. The lowest BCUT2D eigenvalue weighted by molar-refractivity contribution is -0.124. The van der Waals surface area contributed by atoms with Crippen LogP contribution in [0.1, 0.15) is 55.6 Å². The first-order valence-corrected chi connectivity index (χ1v) is 8.23. The Balaban J connectivity index is 1.82. The van der Waals surface area contributed by atoms with Crippen molar-refractivity contribution in [3.8, 4) is 0 Å². The van der Waals surface area contributed by atoms with Gasteiger partial charge in [0.25, 0.3) is 0 Å². The number of amides is 1. The minimum Gasteiger partial charge on any atom is -0.391 e. The Morgan fingerprint density at radius 3 is 2.67 bits per heavy atom. The van der Waals surface area contributed by atoms with Gasteiger partial charge in [-0.3, -0.25) is 4.79 Å². The van der Waals surface area contributed by atoms with Crippen LogP contribution in [0, 0.1) is 0 Å². The molecule has 1 aromatic rings. The molecule has 1 amide bonds. The molecule has 2 aliphatic rings. The third-order valence-electron chi connectivity index (χ3n) is 4.98. The number of hydrogen-bond donors (Lipinski definition) is 2. The number of benzene rings is 1. The first kappa shape index (κ1) is 14.5. The van der Waals surface area contributed by atoms with Gasteiger partial charge in [0, 0.05) is 0 Å². The summed E-state index contributed by atoms with van der Waals surface area (Å²) < 4.78 is 0. The van der Waals surface area contributed by atoms with Crippen molar-refractivity contribution in [3.05, 3.63) is 35.4 Å². The van der Waals surface area contributed by atoms with E-state index in [0.717, 1.165) is 44.9 Å². The van der Waals surface area contributed by atoms with Crippen molar-refractivity contribution >= 4 is 23.1 Å². The second kappa shape index (κ2) is 5.76. The quantitative estimate of drug-likeness (QED) is 0.844. The molecule has 2 aliphatic carbocycles. The maximum atomic E-state index is 12.8. The highest BCUT2D eigenvalue weighted by Gasteiger charge is 2.40. The highest BCUT2D eigenvalue weighted by molar-refractivity contribution is 7.80. The van der Waals surface area contributed by atoms with Crippen molar-refractivity contribution < 1.29 is 4.79 Å². The summed E-state index contributed by atoms with van der Waals surface area (Å²) in [4.78, 5) is 13.2. The smallest absolute Gasteiger partial charge is 0.228 e. The van der Waals surface area contributed by atoms with Gasteiger partial charge in [-0.15, -0.1) is 0 Å². The maximum absolute atomic E-state index is 12.8. The van der Waals surface area contributed by atoms with Crippen molar-refractivity contribution in [3.63, 3.8) is 0 Å². The zero-order chi connectivity index (χ0) is 14.9. The highest BCUT2D eigenvalue weighted by atomic mass is 32.1.